The Balaban J connectivity index is 1.17. The van der Waals surface area contributed by atoms with Gasteiger partial charge in [-0.2, -0.15) is 4.68 Å². The van der Waals surface area contributed by atoms with Gasteiger partial charge in [-0.1, -0.05) is 23.7 Å². The number of benzene rings is 3. The quantitative estimate of drug-likeness (QED) is 0.0372. The Morgan fingerprint density at radius 2 is 1.27 bits per heavy atom. The molecule has 0 saturated carbocycles. The Bertz CT molecular complexity index is 2030. The van der Waals surface area contributed by atoms with Gasteiger partial charge >= 0.3 is 12.1 Å². The van der Waals surface area contributed by atoms with Crippen LogP contribution in [0.4, 0.5) is 20.6 Å². The lowest BCUT2D eigenvalue weighted by Crippen LogP contribution is -2.44. The molecule has 4 rings (SSSR count). The molecule has 3 aromatic carbocycles. The maximum Gasteiger partial charge on any atom is 0.411 e. The number of carboxylic acids is 1. The molecule has 5 N–H and O–H groups in total. The number of aromatic carboxylic acids is 1. The first-order chi connectivity index (χ1) is 30.6. The molecule has 3 amide bonds. The molecule has 0 aliphatic heterocycles. The van der Waals surface area contributed by atoms with Gasteiger partial charge < -0.3 is 54.0 Å². The van der Waals surface area contributed by atoms with Crippen LogP contribution in [0.15, 0.2) is 73.1 Å². The minimum atomic E-state index is -1.18. The monoisotopic (exact) mass is 901 g/mol. The maximum atomic E-state index is 15.1. The van der Waals surface area contributed by atoms with Crippen LogP contribution in [0.25, 0.3) is 11.8 Å². The number of hydrogen-bond acceptors (Lipinski definition) is 15. The van der Waals surface area contributed by atoms with Crippen LogP contribution >= 0.6 is 11.6 Å². The van der Waals surface area contributed by atoms with Gasteiger partial charge in [-0.15, -0.1) is 5.10 Å². The number of carboxylic acid groups (broad SMARTS) is 1. The SMILES string of the molecule is O=C(/C=C/c1c(-n2cnnn2)ccc(Cl)c1F)N[C@@H](Cc1ccc(NC(=O)OCCOCCOCCOCCOCCOCCOCCO)cc1)C(=O)Nc1ccc(C(=O)O)cc1. The minimum absolute atomic E-state index is 0.0115. The molecule has 22 heteroatoms. The first kappa shape index (κ1) is 49.7. The van der Waals surface area contributed by atoms with Crippen LogP contribution in [0.2, 0.25) is 5.02 Å². The van der Waals surface area contributed by atoms with Crippen molar-refractivity contribution in [2.24, 2.45) is 0 Å². The van der Waals surface area contributed by atoms with E-state index in [1.165, 1.54) is 53.5 Å². The summed E-state index contributed by atoms with van der Waals surface area (Å²) < 4.78 is 53.6. The van der Waals surface area contributed by atoms with Crippen molar-refractivity contribution in [3.63, 3.8) is 0 Å². The molecule has 0 aliphatic carbocycles. The van der Waals surface area contributed by atoms with E-state index < -0.39 is 35.7 Å². The van der Waals surface area contributed by atoms with E-state index in [4.69, 9.17) is 49.9 Å². The summed E-state index contributed by atoms with van der Waals surface area (Å²) in [5.41, 5.74) is 1.39. The zero-order valence-electron chi connectivity index (χ0n) is 34.1. The molecule has 4 aromatic rings. The molecule has 1 aromatic heterocycles. The van der Waals surface area contributed by atoms with E-state index in [1.54, 1.807) is 24.3 Å². The van der Waals surface area contributed by atoms with Gasteiger partial charge in [0.15, 0.2) is 5.82 Å². The van der Waals surface area contributed by atoms with Crippen LogP contribution in [0, 0.1) is 5.82 Å². The zero-order valence-corrected chi connectivity index (χ0v) is 34.9. The fraction of sp³-hybridized carbons (Fsp3) is 0.390. The Morgan fingerprint density at radius 3 is 1.81 bits per heavy atom. The number of ether oxygens (including phenoxy) is 7. The standard InChI is InChI=1S/C41H49ClFN7O13/c42-34-10-11-36(50-28-44-48-49-50)33(38(34)43)9-12-37(52)47-35(39(53)45-31-7-3-30(4-8-31)40(54)55)27-29-1-5-32(6-2-29)46-41(56)63-26-25-62-24-23-61-22-21-60-20-19-59-18-17-58-16-15-57-14-13-51/h1-12,28,35,51H,13-27H2,(H,45,53)(H,46,56)(H,47,52)(H,54,55)/b12-9+/t35-/m0/s1. The van der Waals surface area contributed by atoms with Crippen molar-refractivity contribution in [1.29, 1.82) is 0 Å². The molecule has 0 spiro atoms. The van der Waals surface area contributed by atoms with Crippen LogP contribution in [-0.2, 0) is 49.2 Å². The fourth-order valence-corrected chi connectivity index (χ4v) is 5.44. The largest absolute Gasteiger partial charge is 0.478 e. The predicted molar refractivity (Wildman–Crippen MR) is 224 cm³/mol. The number of anilines is 2. The molecule has 0 radical (unpaired) electrons. The molecule has 0 unspecified atom stereocenters. The molecule has 1 atom stereocenters. The summed E-state index contributed by atoms with van der Waals surface area (Å²) in [6.45, 7) is 4.38. The highest BCUT2D eigenvalue weighted by Gasteiger charge is 2.22. The van der Waals surface area contributed by atoms with Gasteiger partial charge in [0.2, 0.25) is 11.8 Å². The Hall–Kier alpha value is -5.91. The summed E-state index contributed by atoms with van der Waals surface area (Å²) in [4.78, 5) is 50.4. The zero-order chi connectivity index (χ0) is 45.1. The number of tetrazole rings is 1. The van der Waals surface area contributed by atoms with Crippen LogP contribution < -0.4 is 16.0 Å². The third-order valence-corrected chi connectivity index (χ3v) is 8.63. The maximum absolute atomic E-state index is 15.1. The van der Waals surface area contributed by atoms with E-state index in [0.29, 0.717) is 77.3 Å². The van der Waals surface area contributed by atoms with E-state index in [-0.39, 0.29) is 60.4 Å². The van der Waals surface area contributed by atoms with Gasteiger partial charge in [0.25, 0.3) is 0 Å². The number of aliphatic hydroxyl groups excluding tert-OH is 1. The number of aromatic nitrogens is 4. The topological polar surface area (TPSA) is 253 Å². The molecule has 0 saturated heterocycles. The minimum Gasteiger partial charge on any atom is -0.478 e. The number of hydrogen-bond donors (Lipinski definition) is 5. The second kappa shape index (κ2) is 28.6. The third kappa shape index (κ3) is 18.9. The lowest BCUT2D eigenvalue weighted by Gasteiger charge is -2.18. The fourth-order valence-electron chi connectivity index (χ4n) is 5.27. The van der Waals surface area contributed by atoms with Gasteiger partial charge in [-0.3, -0.25) is 14.9 Å². The summed E-state index contributed by atoms with van der Waals surface area (Å²) >= 11 is 6.00. The molecular weight excluding hydrogens is 853 g/mol. The van der Waals surface area contributed by atoms with Crippen molar-refractivity contribution in [3.8, 4) is 5.69 Å². The number of nitrogens with zero attached hydrogens (tertiary/aromatic N) is 4. The molecule has 0 bridgehead atoms. The smallest absolute Gasteiger partial charge is 0.411 e. The Kier molecular flexibility index (Phi) is 22.6. The normalized spacial score (nSPS) is 11.7. The predicted octanol–water partition coefficient (Wildman–Crippen LogP) is 3.17. The highest BCUT2D eigenvalue weighted by molar-refractivity contribution is 6.31. The van der Waals surface area contributed by atoms with Crippen molar-refractivity contribution < 1.29 is 66.9 Å². The Morgan fingerprint density at radius 1 is 0.730 bits per heavy atom. The third-order valence-electron chi connectivity index (χ3n) is 8.34. The number of amides is 3. The van der Waals surface area contributed by atoms with E-state index in [2.05, 4.69) is 31.5 Å². The summed E-state index contributed by atoms with van der Waals surface area (Å²) in [5, 5.41) is 36.4. The molecule has 340 valence electrons. The summed E-state index contributed by atoms with van der Waals surface area (Å²) in [6.07, 6.45) is 2.71. The van der Waals surface area contributed by atoms with Gasteiger partial charge in [0.05, 0.1) is 102 Å². The second-order valence-corrected chi connectivity index (χ2v) is 13.3. The average molecular weight is 902 g/mol. The number of halogens is 2. The van der Waals surface area contributed by atoms with Crippen molar-refractivity contribution in [1.82, 2.24) is 25.5 Å². The van der Waals surface area contributed by atoms with Crippen LogP contribution in [0.5, 0.6) is 0 Å². The van der Waals surface area contributed by atoms with Crippen molar-refractivity contribution >= 4 is 52.9 Å². The van der Waals surface area contributed by atoms with Crippen LogP contribution in [-0.4, -0.2) is 153 Å². The first-order valence-electron chi connectivity index (χ1n) is 19.6. The molecule has 1 heterocycles. The lowest BCUT2D eigenvalue weighted by atomic mass is 10.0. The molecule has 63 heavy (non-hydrogen) atoms. The average Bonchev–Trinajstić information content (AvgIpc) is 3.82. The van der Waals surface area contributed by atoms with E-state index >= 15 is 4.39 Å². The highest BCUT2D eigenvalue weighted by atomic mass is 35.5. The lowest BCUT2D eigenvalue weighted by molar-refractivity contribution is -0.123. The second-order valence-electron chi connectivity index (χ2n) is 12.9. The van der Waals surface area contributed by atoms with E-state index in [9.17, 15) is 24.3 Å². The highest BCUT2D eigenvalue weighted by Crippen LogP contribution is 2.25. The number of carbonyl (C=O) groups is 4. The van der Waals surface area contributed by atoms with Gasteiger partial charge in [-0.05, 0) is 70.6 Å². The van der Waals surface area contributed by atoms with Crippen molar-refractivity contribution in [2.75, 3.05) is 103 Å². The van der Waals surface area contributed by atoms with E-state index in [0.717, 1.165) is 6.08 Å². The molecule has 20 nitrogen and oxygen atoms in total. The number of rotatable bonds is 30. The van der Waals surface area contributed by atoms with Crippen molar-refractivity contribution in [3.05, 3.63) is 101 Å². The first-order valence-corrected chi connectivity index (χ1v) is 20.0. The van der Waals surface area contributed by atoms with Crippen LogP contribution in [0.1, 0.15) is 21.5 Å². The van der Waals surface area contributed by atoms with E-state index in [1.807, 2.05) is 0 Å². The number of nitrogens with one attached hydrogen (secondary N) is 3. The summed E-state index contributed by atoms with van der Waals surface area (Å²) in [6, 6.07) is 13.5. The summed E-state index contributed by atoms with van der Waals surface area (Å²) in [7, 11) is 0. The number of carbonyl (C=O) groups excluding carboxylic acids is 3. The Labute approximate surface area is 366 Å². The molecule has 0 fully saturated rings. The van der Waals surface area contributed by atoms with Gasteiger partial charge in [-0.25, -0.2) is 14.0 Å². The molecule has 0 aliphatic rings. The summed E-state index contributed by atoms with van der Waals surface area (Å²) in [5.74, 6) is -3.35. The van der Waals surface area contributed by atoms with Gasteiger partial charge in [0, 0.05) is 29.4 Å². The van der Waals surface area contributed by atoms with Gasteiger partial charge in [0.1, 0.15) is 19.0 Å². The molecular formula is C41H49ClFN7O13. The van der Waals surface area contributed by atoms with Crippen LogP contribution in [0.3, 0.4) is 0 Å². The number of aliphatic hydroxyl groups is 1. The van der Waals surface area contributed by atoms with Crippen molar-refractivity contribution in [2.45, 2.75) is 12.5 Å².